The van der Waals surface area contributed by atoms with Crippen molar-refractivity contribution in [3.05, 3.63) is 29.0 Å². The van der Waals surface area contributed by atoms with Crippen molar-refractivity contribution in [1.29, 1.82) is 0 Å². The van der Waals surface area contributed by atoms with Crippen LogP contribution in [0.25, 0.3) is 0 Å². The molecule has 0 aliphatic carbocycles. The van der Waals surface area contributed by atoms with E-state index in [1.165, 1.54) is 0 Å². The Labute approximate surface area is 102 Å². The second kappa shape index (κ2) is 6.84. The van der Waals surface area contributed by atoms with Gasteiger partial charge in [0.15, 0.2) is 0 Å². The highest BCUT2D eigenvalue weighted by Crippen LogP contribution is 2.27. The van der Waals surface area contributed by atoms with Crippen molar-refractivity contribution in [3.63, 3.8) is 0 Å². The summed E-state index contributed by atoms with van der Waals surface area (Å²) in [5.41, 5.74) is 0.912. The maximum atomic E-state index is 6.14. The first-order valence-electron chi connectivity index (χ1n) is 5.47. The van der Waals surface area contributed by atoms with Gasteiger partial charge >= 0.3 is 0 Å². The van der Waals surface area contributed by atoms with E-state index in [-0.39, 0.29) is 6.04 Å². The summed E-state index contributed by atoms with van der Waals surface area (Å²) in [6.45, 7) is 2.93. The molecule has 0 bridgehead atoms. The highest BCUT2D eigenvalue weighted by atomic mass is 35.5. The molecule has 1 aromatic heterocycles. The van der Waals surface area contributed by atoms with Gasteiger partial charge in [0.2, 0.25) is 0 Å². The summed E-state index contributed by atoms with van der Waals surface area (Å²) >= 11 is 6.14. The Balaban J connectivity index is 2.77. The minimum Gasteiger partial charge on any atom is -0.385 e. The van der Waals surface area contributed by atoms with Crippen LogP contribution in [-0.2, 0) is 4.74 Å². The van der Waals surface area contributed by atoms with Gasteiger partial charge in [-0.1, -0.05) is 18.5 Å². The number of halogens is 1. The predicted molar refractivity (Wildman–Crippen MR) is 66.7 cm³/mol. The third-order valence-electron chi connectivity index (χ3n) is 2.74. The summed E-state index contributed by atoms with van der Waals surface area (Å²) < 4.78 is 5.09. The van der Waals surface area contributed by atoms with Crippen LogP contribution in [0.3, 0.4) is 0 Å². The number of hydrogen-bond donors (Lipinski definition) is 1. The molecule has 0 radical (unpaired) electrons. The number of nitrogens with one attached hydrogen (secondary N) is 1. The number of hydrogen-bond acceptors (Lipinski definition) is 3. The number of pyridine rings is 1. The molecule has 0 saturated heterocycles. The zero-order valence-corrected chi connectivity index (χ0v) is 10.8. The van der Waals surface area contributed by atoms with Crippen molar-refractivity contribution in [2.75, 3.05) is 20.8 Å². The summed E-state index contributed by atoms with van der Waals surface area (Å²) in [6, 6.07) is 3.89. The van der Waals surface area contributed by atoms with E-state index in [9.17, 15) is 0 Å². The molecule has 0 amide bonds. The molecular formula is C12H19ClN2O. The van der Waals surface area contributed by atoms with Crippen LogP contribution in [0.15, 0.2) is 18.3 Å². The Morgan fingerprint density at radius 2 is 2.31 bits per heavy atom. The third-order valence-corrected chi connectivity index (χ3v) is 3.06. The molecule has 1 N–H and O–H groups in total. The molecule has 0 saturated carbocycles. The number of aromatic nitrogens is 1. The van der Waals surface area contributed by atoms with Gasteiger partial charge in [0.1, 0.15) is 0 Å². The smallest absolute Gasteiger partial charge is 0.0761 e. The van der Waals surface area contributed by atoms with Gasteiger partial charge in [-0.2, -0.15) is 0 Å². The van der Waals surface area contributed by atoms with Crippen LogP contribution in [-0.4, -0.2) is 25.7 Å². The molecule has 2 unspecified atom stereocenters. The summed E-state index contributed by atoms with van der Waals surface area (Å²) in [4.78, 5) is 4.34. The molecule has 1 rings (SSSR count). The first-order valence-corrected chi connectivity index (χ1v) is 5.85. The molecule has 0 aromatic carbocycles. The van der Waals surface area contributed by atoms with E-state index in [0.29, 0.717) is 10.9 Å². The zero-order chi connectivity index (χ0) is 12.0. The highest BCUT2D eigenvalue weighted by molar-refractivity contribution is 6.31. The average molecular weight is 243 g/mol. The molecular weight excluding hydrogens is 224 g/mol. The maximum absolute atomic E-state index is 6.14. The van der Waals surface area contributed by atoms with Crippen LogP contribution in [0.1, 0.15) is 25.1 Å². The van der Waals surface area contributed by atoms with Gasteiger partial charge in [0.05, 0.1) is 16.8 Å². The fourth-order valence-corrected chi connectivity index (χ4v) is 2.03. The van der Waals surface area contributed by atoms with Gasteiger partial charge in [0.25, 0.3) is 0 Å². The molecule has 4 heteroatoms. The van der Waals surface area contributed by atoms with E-state index >= 15 is 0 Å². The lowest BCUT2D eigenvalue weighted by molar-refractivity contribution is 0.171. The second-order valence-corrected chi connectivity index (χ2v) is 4.30. The second-order valence-electron chi connectivity index (χ2n) is 3.90. The van der Waals surface area contributed by atoms with Crippen molar-refractivity contribution in [1.82, 2.24) is 10.3 Å². The fourth-order valence-electron chi connectivity index (χ4n) is 1.79. The van der Waals surface area contributed by atoms with Gasteiger partial charge in [0, 0.05) is 19.9 Å². The number of rotatable bonds is 6. The molecule has 0 spiro atoms. The Morgan fingerprint density at radius 3 is 2.88 bits per heavy atom. The molecule has 1 heterocycles. The standard InChI is InChI=1S/C12H19ClN2O/c1-9(6-8-16-3)11(14-2)12-10(13)5-4-7-15-12/h4-5,7,9,11,14H,6,8H2,1-3H3. The molecule has 0 aliphatic heterocycles. The lowest BCUT2D eigenvalue weighted by Gasteiger charge is -2.23. The summed E-state index contributed by atoms with van der Waals surface area (Å²) in [7, 11) is 3.65. The van der Waals surface area contributed by atoms with Crippen LogP contribution in [0.4, 0.5) is 0 Å². The predicted octanol–water partition coefficient (Wildman–Crippen LogP) is 2.67. The minimum absolute atomic E-state index is 0.170. The molecule has 16 heavy (non-hydrogen) atoms. The van der Waals surface area contributed by atoms with Crippen LogP contribution < -0.4 is 5.32 Å². The Bertz CT molecular complexity index is 320. The van der Waals surface area contributed by atoms with Crippen LogP contribution >= 0.6 is 11.6 Å². The van der Waals surface area contributed by atoms with Crippen molar-refractivity contribution in [2.45, 2.75) is 19.4 Å². The third kappa shape index (κ3) is 3.44. The van der Waals surface area contributed by atoms with Gasteiger partial charge in [-0.25, -0.2) is 0 Å². The Morgan fingerprint density at radius 1 is 1.56 bits per heavy atom. The van der Waals surface area contributed by atoms with E-state index in [2.05, 4.69) is 17.2 Å². The number of methoxy groups -OCH3 is 1. The van der Waals surface area contributed by atoms with Gasteiger partial charge in [-0.3, -0.25) is 4.98 Å². The Hall–Kier alpha value is -0.640. The van der Waals surface area contributed by atoms with Crippen LogP contribution in [0.5, 0.6) is 0 Å². The van der Waals surface area contributed by atoms with Gasteiger partial charge in [-0.05, 0) is 31.5 Å². The van der Waals surface area contributed by atoms with Crippen molar-refractivity contribution >= 4 is 11.6 Å². The molecule has 2 atom stereocenters. The van der Waals surface area contributed by atoms with Crippen molar-refractivity contribution in [3.8, 4) is 0 Å². The number of nitrogens with zero attached hydrogens (tertiary/aromatic N) is 1. The normalized spacial score (nSPS) is 14.8. The van der Waals surface area contributed by atoms with E-state index in [4.69, 9.17) is 16.3 Å². The quantitative estimate of drug-likeness (QED) is 0.833. The summed E-state index contributed by atoms with van der Waals surface area (Å²) in [6.07, 6.45) is 2.75. The molecule has 0 aliphatic rings. The fraction of sp³-hybridized carbons (Fsp3) is 0.583. The molecule has 0 fully saturated rings. The molecule has 90 valence electrons. The van der Waals surface area contributed by atoms with Gasteiger partial charge in [-0.15, -0.1) is 0 Å². The minimum atomic E-state index is 0.170. The highest BCUT2D eigenvalue weighted by Gasteiger charge is 2.20. The molecule has 1 aromatic rings. The number of ether oxygens (including phenoxy) is 1. The Kier molecular flexibility index (Phi) is 5.74. The zero-order valence-electron chi connectivity index (χ0n) is 10.0. The summed E-state index contributed by atoms with van der Waals surface area (Å²) in [5.74, 6) is 0.428. The largest absolute Gasteiger partial charge is 0.385 e. The van der Waals surface area contributed by atoms with E-state index in [0.717, 1.165) is 18.7 Å². The topological polar surface area (TPSA) is 34.2 Å². The van der Waals surface area contributed by atoms with Crippen molar-refractivity contribution < 1.29 is 4.74 Å². The summed E-state index contributed by atoms with van der Waals surface area (Å²) in [5, 5.41) is 3.98. The van der Waals surface area contributed by atoms with E-state index in [1.54, 1.807) is 13.3 Å². The van der Waals surface area contributed by atoms with Crippen LogP contribution in [0.2, 0.25) is 5.02 Å². The molecule has 3 nitrogen and oxygen atoms in total. The van der Waals surface area contributed by atoms with Crippen molar-refractivity contribution in [2.24, 2.45) is 5.92 Å². The van der Waals surface area contributed by atoms with Crippen LogP contribution in [0, 0.1) is 5.92 Å². The SMILES string of the molecule is CNC(c1ncccc1Cl)C(C)CCOC. The lowest BCUT2D eigenvalue weighted by atomic mass is 9.95. The first-order chi connectivity index (χ1) is 7.70. The monoisotopic (exact) mass is 242 g/mol. The lowest BCUT2D eigenvalue weighted by Crippen LogP contribution is -2.25. The van der Waals surface area contributed by atoms with Gasteiger partial charge < -0.3 is 10.1 Å². The van der Waals surface area contributed by atoms with E-state index < -0.39 is 0 Å². The van der Waals surface area contributed by atoms with E-state index in [1.807, 2.05) is 19.2 Å². The first kappa shape index (κ1) is 13.4. The average Bonchev–Trinajstić information content (AvgIpc) is 2.30. The maximum Gasteiger partial charge on any atom is 0.0761 e.